The summed E-state index contributed by atoms with van der Waals surface area (Å²) in [6.45, 7) is 0.922. The zero-order valence-electron chi connectivity index (χ0n) is 13.5. The van der Waals surface area contributed by atoms with Crippen molar-refractivity contribution in [1.82, 2.24) is 10.3 Å². The van der Waals surface area contributed by atoms with Gasteiger partial charge in [-0.1, -0.05) is 23.7 Å². The number of hydrogen-bond acceptors (Lipinski definition) is 2. The van der Waals surface area contributed by atoms with Crippen molar-refractivity contribution in [3.63, 3.8) is 0 Å². The minimum Gasteiger partial charge on any atom is -0.508 e. The molecule has 0 saturated carbocycles. The number of halogens is 1. The molecule has 3 aromatic rings. The minimum absolute atomic E-state index is 0.320. The number of fused-ring (bicyclic) bond motifs is 3. The first kappa shape index (κ1) is 15.6. The van der Waals surface area contributed by atoms with Crippen LogP contribution >= 0.6 is 11.6 Å². The second kappa shape index (κ2) is 6.50. The Hall–Kier alpha value is -1.97. The smallest absolute Gasteiger partial charge is 0.115 e. The highest BCUT2D eigenvalue weighted by Gasteiger charge is 2.23. The Morgan fingerprint density at radius 1 is 1.17 bits per heavy atom. The second-order valence-electron chi connectivity index (χ2n) is 6.52. The van der Waals surface area contributed by atoms with Crippen molar-refractivity contribution in [3.8, 4) is 5.75 Å². The molecular weight excluding hydrogens is 320 g/mol. The molecular formula is C20H21ClN2O. The van der Waals surface area contributed by atoms with Crippen molar-refractivity contribution in [1.29, 1.82) is 0 Å². The summed E-state index contributed by atoms with van der Waals surface area (Å²) in [5, 5.41) is 15.1. The fourth-order valence-corrected chi connectivity index (χ4v) is 3.86. The predicted octanol–water partition coefficient (Wildman–Crippen LogP) is 4.74. The standard InChI is InChI=1S/C20H21ClN2O/c21-14-6-9-18-17(12-14)16-2-1-3-19(20(16)23-18)22-11-10-13-4-7-15(24)8-5-13/h4-9,12,19,22-24H,1-3,10-11H2. The molecule has 1 unspecified atom stereocenters. The summed E-state index contributed by atoms with van der Waals surface area (Å²) in [6.07, 6.45) is 4.43. The normalized spacial score (nSPS) is 17.1. The number of aromatic hydroxyl groups is 1. The first-order valence-corrected chi connectivity index (χ1v) is 8.90. The van der Waals surface area contributed by atoms with Crippen LogP contribution < -0.4 is 5.32 Å². The van der Waals surface area contributed by atoms with Crippen molar-refractivity contribution in [3.05, 3.63) is 64.3 Å². The fraction of sp³-hybridized carbons (Fsp3) is 0.300. The van der Waals surface area contributed by atoms with Crippen LogP contribution in [-0.4, -0.2) is 16.6 Å². The molecule has 1 aliphatic rings. The number of H-pyrrole nitrogens is 1. The zero-order chi connectivity index (χ0) is 16.5. The van der Waals surface area contributed by atoms with E-state index in [1.807, 2.05) is 18.2 Å². The summed E-state index contributed by atoms with van der Waals surface area (Å²) in [7, 11) is 0. The number of phenols is 1. The Labute approximate surface area is 146 Å². The number of hydrogen-bond donors (Lipinski definition) is 3. The number of benzene rings is 2. The van der Waals surface area contributed by atoms with Gasteiger partial charge >= 0.3 is 0 Å². The molecule has 0 saturated heterocycles. The molecule has 1 heterocycles. The van der Waals surface area contributed by atoms with Crippen molar-refractivity contribution in [2.45, 2.75) is 31.7 Å². The van der Waals surface area contributed by atoms with E-state index in [1.54, 1.807) is 12.1 Å². The summed E-state index contributed by atoms with van der Waals surface area (Å²) in [6, 6.07) is 13.9. The van der Waals surface area contributed by atoms with Gasteiger partial charge in [0.2, 0.25) is 0 Å². The molecule has 0 bridgehead atoms. The lowest BCUT2D eigenvalue weighted by Crippen LogP contribution is -2.27. The van der Waals surface area contributed by atoms with Crippen LogP contribution in [0.25, 0.3) is 10.9 Å². The lowest BCUT2D eigenvalue weighted by Gasteiger charge is -2.24. The Morgan fingerprint density at radius 2 is 2.00 bits per heavy atom. The third kappa shape index (κ3) is 3.02. The summed E-state index contributed by atoms with van der Waals surface area (Å²) in [5.74, 6) is 0.320. The lowest BCUT2D eigenvalue weighted by molar-refractivity contribution is 0.456. The van der Waals surface area contributed by atoms with Crippen molar-refractivity contribution in [2.24, 2.45) is 0 Å². The van der Waals surface area contributed by atoms with E-state index in [4.69, 9.17) is 11.6 Å². The predicted molar refractivity (Wildman–Crippen MR) is 98.8 cm³/mol. The van der Waals surface area contributed by atoms with Crippen molar-refractivity contribution in [2.75, 3.05) is 6.54 Å². The van der Waals surface area contributed by atoms with Gasteiger partial charge in [-0.15, -0.1) is 0 Å². The van der Waals surface area contributed by atoms with Gasteiger partial charge in [0.15, 0.2) is 0 Å². The van der Waals surface area contributed by atoms with Crippen molar-refractivity contribution >= 4 is 22.5 Å². The molecule has 3 nitrogen and oxygen atoms in total. The third-order valence-corrected chi connectivity index (χ3v) is 5.15. The average molecular weight is 341 g/mol. The maximum Gasteiger partial charge on any atom is 0.115 e. The summed E-state index contributed by atoms with van der Waals surface area (Å²) in [5.41, 5.74) is 5.15. The molecule has 0 radical (unpaired) electrons. The van der Waals surface area contributed by atoms with Crippen LogP contribution in [-0.2, 0) is 12.8 Å². The van der Waals surface area contributed by atoms with E-state index in [2.05, 4.69) is 22.4 Å². The lowest BCUT2D eigenvalue weighted by atomic mass is 9.91. The van der Waals surface area contributed by atoms with Gasteiger partial charge in [-0.05, 0) is 73.7 Å². The maximum absolute atomic E-state index is 9.35. The van der Waals surface area contributed by atoms with Gasteiger partial charge in [-0.2, -0.15) is 0 Å². The average Bonchev–Trinajstić information content (AvgIpc) is 2.95. The molecule has 3 N–H and O–H groups in total. The molecule has 0 aliphatic heterocycles. The van der Waals surface area contributed by atoms with Gasteiger partial charge in [0, 0.05) is 27.7 Å². The SMILES string of the molecule is Oc1ccc(CCNC2CCCc3c2[nH]c2ccc(Cl)cc32)cc1. The van der Waals surface area contributed by atoms with Crippen LogP contribution in [0.4, 0.5) is 0 Å². The van der Waals surface area contributed by atoms with E-state index >= 15 is 0 Å². The van der Waals surface area contributed by atoms with E-state index < -0.39 is 0 Å². The fourth-order valence-electron chi connectivity index (χ4n) is 3.69. The third-order valence-electron chi connectivity index (χ3n) is 4.91. The molecule has 1 atom stereocenters. The van der Waals surface area contributed by atoms with Crippen LogP contribution in [0.5, 0.6) is 5.75 Å². The zero-order valence-corrected chi connectivity index (χ0v) is 14.2. The minimum atomic E-state index is 0.320. The summed E-state index contributed by atoms with van der Waals surface area (Å²) in [4.78, 5) is 3.60. The van der Waals surface area contributed by atoms with E-state index in [9.17, 15) is 5.11 Å². The first-order valence-electron chi connectivity index (χ1n) is 8.52. The maximum atomic E-state index is 9.35. The number of aromatic amines is 1. The molecule has 0 fully saturated rings. The molecule has 24 heavy (non-hydrogen) atoms. The van der Waals surface area contributed by atoms with E-state index in [1.165, 1.54) is 34.1 Å². The highest BCUT2D eigenvalue weighted by Crippen LogP contribution is 2.35. The van der Waals surface area contributed by atoms with Crippen LogP contribution in [0.3, 0.4) is 0 Å². The number of rotatable bonds is 4. The van der Waals surface area contributed by atoms with Gasteiger partial charge < -0.3 is 15.4 Å². The Morgan fingerprint density at radius 3 is 2.83 bits per heavy atom. The Balaban J connectivity index is 1.49. The summed E-state index contributed by atoms with van der Waals surface area (Å²) >= 11 is 6.17. The number of aryl methyl sites for hydroxylation is 1. The van der Waals surface area contributed by atoms with E-state index in [0.29, 0.717) is 11.8 Å². The second-order valence-corrected chi connectivity index (χ2v) is 6.96. The van der Waals surface area contributed by atoms with Gasteiger partial charge in [0.1, 0.15) is 5.75 Å². The Kier molecular flexibility index (Phi) is 4.21. The van der Waals surface area contributed by atoms with Gasteiger partial charge in [-0.3, -0.25) is 0 Å². The van der Waals surface area contributed by atoms with E-state index in [-0.39, 0.29) is 0 Å². The molecule has 4 heteroatoms. The largest absolute Gasteiger partial charge is 0.508 e. The number of aromatic nitrogens is 1. The summed E-state index contributed by atoms with van der Waals surface area (Å²) < 4.78 is 0. The molecule has 1 aliphatic carbocycles. The van der Waals surface area contributed by atoms with Crippen molar-refractivity contribution < 1.29 is 5.11 Å². The van der Waals surface area contributed by atoms with Crippen LogP contribution in [0.15, 0.2) is 42.5 Å². The highest BCUT2D eigenvalue weighted by atomic mass is 35.5. The van der Waals surface area contributed by atoms with E-state index in [0.717, 1.165) is 30.8 Å². The molecule has 2 aromatic carbocycles. The molecule has 0 amide bonds. The topological polar surface area (TPSA) is 48.0 Å². The van der Waals surface area contributed by atoms with Gasteiger partial charge in [0.05, 0.1) is 0 Å². The number of nitrogens with one attached hydrogen (secondary N) is 2. The molecule has 0 spiro atoms. The van der Waals surface area contributed by atoms with Crippen LogP contribution in [0.2, 0.25) is 5.02 Å². The number of phenolic OH excluding ortho intramolecular Hbond substituents is 1. The molecule has 4 rings (SSSR count). The van der Waals surface area contributed by atoms with Crippen LogP contribution in [0, 0.1) is 0 Å². The van der Waals surface area contributed by atoms with Gasteiger partial charge in [-0.25, -0.2) is 0 Å². The molecule has 124 valence electrons. The van der Waals surface area contributed by atoms with Gasteiger partial charge in [0.25, 0.3) is 0 Å². The monoisotopic (exact) mass is 340 g/mol. The highest BCUT2D eigenvalue weighted by molar-refractivity contribution is 6.31. The van der Waals surface area contributed by atoms with Crippen LogP contribution in [0.1, 0.15) is 35.7 Å². The Bertz CT molecular complexity index is 854. The quantitative estimate of drug-likeness (QED) is 0.642. The molecule has 1 aromatic heterocycles. The first-order chi connectivity index (χ1) is 11.7.